The predicted molar refractivity (Wildman–Crippen MR) is 85.2 cm³/mol. The summed E-state index contributed by atoms with van der Waals surface area (Å²) in [5.74, 6) is 0.859. The van der Waals surface area contributed by atoms with E-state index in [1.165, 1.54) is 0 Å². The second-order valence-corrected chi connectivity index (χ2v) is 5.28. The van der Waals surface area contributed by atoms with Gasteiger partial charge in [-0.25, -0.2) is 4.98 Å². The van der Waals surface area contributed by atoms with E-state index in [0.29, 0.717) is 6.54 Å². The van der Waals surface area contributed by atoms with Crippen LogP contribution in [-0.4, -0.2) is 25.2 Å². The van der Waals surface area contributed by atoms with Gasteiger partial charge in [0.05, 0.1) is 18.5 Å². The van der Waals surface area contributed by atoms with Gasteiger partial charge in [-0.3, -0.25) is 0 Å². The van der Waals surface area contributed by atoms with Gasteiger partial charge in [0.25, 0.3) is 0 Å². The summed E-state index contributed by atoms with van der Waals surface area (Å²) in [7, 11) is 1.69. The minimum absolute atomic E-state index is 0.664. The van der Waals surface area contributed by atoms with E-state index in [1.807, 2.05) is 18.2 Å². The van der Waals surface area contributed by atoms with Crippen LogP contribution >= 0.6 is 11.3 Å². The molecule has 0 saturated heterocycles. The molecule has 20 heavy (non-hydrogen) atoms. The minimum Gasteiger partial charge on any atom is -0.495 e. The summed E-state index contributed by atoms with van der Waals surface area (Å²) >= 11 is 1.67. The van der Waals surface area contributed by atoms with Crippen molar-refractivity contribution >= 4 is 22.2 Å². The Morgan fingerprint density at radius 1 is 1.35 bits per heavy atom. The highest BCUT2D eigenvalue weighted by molar-refractivity contribution is 7.13. The van der Waals surface area contributed by atoms with Crippen LogP contribution in [0.3, 0.4) is 0 Å². The fourth-order valence-corrected chi connectivity index (χ4v) is 2.95. The summed E-state index contributed by atoms with van der Waals surface area (Å²) in [6.07, 6.45) is 1.87. The van der Waals surface area contributed by atoms with Gasteiger partial charge in [-0.2, -0.15) is 0 Å². The first kappa shape index (κ1) is 14.8. The van der Waals surface area contributed by atoms with Crippen LogP contribution in [0.1, 0.15) is 19.0 Å². The maximum absolute atomic E-state index is 5.66. The van der Waals surface area contributed by atoms with Gasteiger partial charge in [0.15, 0.2) is 5.13 Å². The molecule has 0 aliphatic carbocycles. The van der Waals surface area contributed by atoms with Gasteiger partial charge < -0.3 is 15.4 Å². The van der Waals surface area contributed by atoms with Crippen molar-refractivity contribution in [2.45, 2.75) is 19.8 Å². The maximum atomic E-state index is 5.66. The molecule has 1 heterocycles. The lowest BCUT2D eigenvalue weighted by Gasteiger charge is -2.23. The van der Waals surface area contributed by atoms with Crippen LogP contribution in [-0.2, 0) is 6.42 Å². The van der Waals surface area contributed by atoms with E-state index in [9.17, 15) is 0 Å². The van der Waals surface area contributed by atoms with E-state index >= 15 is 0 Å². The number of hydrogen-bond donors (Lipinski definition) is 1. The summed E-state index contributed by atoms with van der Waals surface area (Å²) in [5, 5.41) is 3.11. The highest BCUT2D eigenvalue weighted by Gasteiger charge is 2.16. The number of nitrogens with zero attached hydrogens (tertiary/aromatic N) is 2. The first-order valence-corrected chi connectivity index (χ1v) is 7.73. The lowest BCUT2D eigenvalue weighted by atomic mass is 10.2. The molecule has 2 N–H and O–H groups in total. The van der Waals surface area contributed by atoms with Crippen molar-refractivity contribution in [2.75, 3.05) is 25.1 Å². The summed E-state index contributed by atoms with van der Waals surface area (Å²) in [6, 6.07) is 8.02. The second kappa shape index (κ2) is 7.26. The second-order valence-electron chi connectivity index (χ2n) is 4.44. The van der Waals surface area contributed by atoms with Gasteiger partial charge in [0, 0.05) is 11.9 Å². The highest BCUT2D eigenvalue weighted by Crippen LogP contribution is 2.35. The number of hydrogen-bond acceptors (Lipinski definition) is 5. The number of benzene rings is 1. The van der Waals surface area contributed by atoms with Crippen LogP contribution in [0.15, 0.2) is 29.6 Å². The number of rotatable bonds is 7. The molecule has 0 saturated carbocycles. The Labute approximate surface area is 124 Å². The van der Waals surface area contributed by atoms with Gasteiger partial charge in [-0.05, 0) is 31.5 Å². The third-order valence-corrected chi connectivity index (χ3v) is 4.01. The Morgan fingerprint density at radius 2 is 2.15 bits per heavy atom. The van der Waals surface area contributed by atoms with Crippen molar-refractivity contribution in [1.29, 1.82) is 0 Å². The van der Waals surface area contributed by atoms with Crippen LogP contribution in [0.4, 0.5) is 10.8 Å². The molecule has 1 aromatic carbocycles. The Morgan fingerprint density at radius 3 is 2.80 bits per heavy atom. The maximum Gasteiger partial charge on any atom is 0.190 e. The van der Waals surface area contributed by atoms with Gasteiger partial charge >= 0.3 is 0 Å². The predicted octanol–water partition coefficient (Wildman–Crippen LogP) is 3.20. The van der Waals surface area contributed by atoms with E-state index in [4.69, 9.17) is 10.5 Å². The third-order valence-electron chi connectivity index (χ3n) is 3.09. The zero-order chi connectivity index (χ0) is 14.4. The minimum atomic E-state index is 0.664. The van der Waals surface area contributed by atoms with Gasteiger partial charge in [-0.15, -0.1) is 11.3 Å². The van der Waals surface area contributed by atoms with E-state index in [2.05, 4.69) is 28.3 Å². The van der Waals surface area contributed by atoms with Crippen LogP contribution in [0.2, 0.25) is 0 Å². The topological polar surface area (TPSA) is 51.4 Å². The number of nitrogens with two attached hydrogens (primary N) is 1. The molecule has 0 atom stereocenters. The molecule has 0 bridgehead atoms. The summed E-state index contributed by atoms with van der Waals surface area (Å²) < 4.78 is 5.46. The Balaban J connectivity index is 2.35. The zero-order valence-electron chi connectivity index (χ0n) is 12.0. The van der Waals surface area contributed by atoms with Crippen LogP contribution in [0, 0.1) is 0 Å². The fraction of sp³-hybridized carbons (Fsp3) is 0.400. The average Bonchev–Trinajstić information content (AvgIpc) is 2.97. The molecule has 2 rings (SSSR count). The lowest BCUT2D eigenvalue weighted by Crippen LogP contribution is -2.21. The van der Waals surface area contributed by atoms with Crippen molar-refractivity contribution in [3.05, 3.63) is 35.3 Å². The molecule has 5 heteroatoms. The van der Waals surface area contributed by atoms with Crippen molar-refractivity contribution in [3.63, 3.8) is 0 Å². The summed E-state index contributed by atoms with van der Waals surface area (Å²) in [5.41, 5.74) is 7.82. The summed E-state index contributed by atoms with van der Waals surface area (Å²) in [6.45, 7) is 3.62. The molecule has 0 aliphatic heterocycles. The molecule has 4 nitrogen and oxygen atoms in total. The van der Waals surface area contributed by atoms with Crippen molar-refractivity contribution in [3.8, 4) is 5.75 Å². The molecular formula is C15H21N3OS. The molecule has 0 radical (unpaired) electrons. The Kier molecular flexibility index (Phi) is 5.38. The molecule has 2 aromatic rings. The van der Waals surface area contributed by atoms with Crippen LogP contribution in [0.5, 0.6) is 5.75 Å². The van der Waals surface area contributed by atoms with Crippen LogP contribution < -0.4 is 15.4 Å². The number of aromatic nitrogens is 1. The number of anilines is 2. The van der Waals surface area contributed by atoms with Gasteiger partial charge in [-0.1, -0.05) is 19.1 Å². The number of para-hydroxylation sites is 2. The summed E-state index contributed by atoms with van der Waals surface area (Å²) in [4.78, 5) is 6.87. The number of thiazole rings is 1. The molecule has 0 spiro atoms. The van der Waals surface area contributed by atoms with Gasteiger partial charge in [0.2, 0.25) is 0 Å². The highest BCUT2D eigenvalue weighted by atomic mass is 32.1. The van der Waals surface area contributed by atoms with E-state index in [0.717, 1.165) is 41.6 Å². The average molecular weight is 291 g/mol. The monoisotopic (exact) mass is 291 g/mol. The third kappa shape index (κ3) is 3.29. The smallest absolute Gasteiger partial charge is 0.190 e. The molecule has 1 aromatic heterocycles. The molecule has 0 unspecified atom stereocenters. The largest absolute Gasteiger partial charge is 0.495 e. The first-order valence-electron chi connectivity index (χ1n) is 6.85. The number of methoxy groups -OCH3 is 1. The van der Waals surface area contributed by atoms with Crippen molar-refractivity contribution in [2.24, 2.45) is 5.73 Å². The standard InChI is InChI=1S/C15H21N3OS/c1-3-12-11-20-15(17-12)18(10-6-9-16)13-7-4-5-8-14(13)19-2/h4-5,7-8,11H,3,6,9-10,16H2,1-2H3. The van der Waals surface area contributed by atoms with E-state index in [1.54, 1.807) is 18.4 Å². The number of ether oxygens (including phenoxy) is 1. The fourth-order valence-electron chi connectivity index (χ4n) is 2.00. The van der Waals surface area contributed by atoms with E-state index in [-0.39, 0.29) is 0 Å². The van der Waals surface area contributed by atoms with Crippen molar-refractivity contribution < 1.29 is 4.74 Å². The molecule has 0 amide bonds. The molecule has 0 fully saturated rings. The zero-order valence-corrected chi connectivity index (χ0v) is 12.8. The SMILES string of the molecule is CCc1csc(N(CCCN)c2ccccc2OC)n1. The molecular weight excluding hydrogens is 270 g/mol. The molecule has 0 aliphatic rings. The van der Waals surface area contributed by atoms with Crippen LogP contribution in [0.25, 0.3) is 0 Å². The van der Waals surface area contributed by atoms with Gasteiger partial charge in [0.1, 0.15) is 5.75 Å². The first-order chi connectivity index (χ1) is 9.80. The number of aryl methyl sites for hydroxylation is 1. The lowest BCUT2D eigenvalue weighted by molar-refractivity contribution is 0.415. The normalized spacial score (nSPS) is 10.6. The van der Waals surface area contributed by atoms with E-state index < -0.39 is 0 Å². The van der Waals surface area contributed by atoms with Crippen molar-refractivity contribution in [1.82, 2.24) is 4.98 Å². The molecule has 108 valence electrons. The Hall–Kier alpha value is -1.59. The Bertz CT molecular complexity index is 541. The quantitative estimate of drug-likeness (QED) is 0.851.